The predicted molar refractivity (Wildman–Crippen MR) is 83.9 cm³/mol. The third-order valence-corrected chi connectivity index (χ3v) is 3.81. The van der Waals surface area contributed by atoms with Gasteiger partial charge in [-0.3, -0.25) is 4.68 Å². The smallest absolute Gasteiger partial charge is 0.0521 e. The fourth-order valence-electron chi connectivity index (χ4n) is 2.58. The highest BCUT2D eigenvalue weighted by Gasteiger charge is 2.07. The number of hydrogen-bond acceptors (Lipinski definition) is 2. The summed E-state index contributed by atoms with van der Waals surface area (Å²) in [5.41, 5.74) is 4.11. The Morgan fingerprint density at radius 2 is 1.95 bits per heavy atom. The molecule has 0 spiro atoms. The fraction of sp³-hybridized carbons (Fsp3) is 0.471. The summed E-state index contributed by atoms with van der Waals surface area (Å²) >= 11 is 0. The van der Waals surface area contributed by atoms with E-state index in [1.807, 2.05) is 17.9 Å². The second-order valence-electron chi connectivity index (χ2n) is 5.57. The van der Waals surface area contributed by atoms with Gasteiger partial charge in [-0.1, -0.05) is 29.8 Å². The van der Waals surface area contributed by atoms with Crippen molar-refractivity contribution in [2.45, 2.75) is 38.6 Å². The molecular formula is C17H25N3. The summed E-state index contributed by atoms with van der Waals surface area (Å²) in [4.78, 5) is 0. The van der Waals surface area contributed by atoms with Gasteiger partial charge in [-0.25, -0.2) is 0 Å². The SMILES string of the molecule is CNC(CCc1cccc(C)c1)CCc1cnn(C)c1. The molecule has 2 aromatic rings. The number of hydrogen-bond donors (Lipinski definition) is 1. The molecule has 0 aliphatic heterocycles. The van der Waals surface area contributed by atoms with Crippen LogP contribution < -0.4 is 5.32 Å². The van der Waals surface area contributed by atoms with Crippen molar-refractivity contribution in [1.29, 1.82) is 0 Å². The minimum atomic E-state index is 0.565. The van der Waals surface area contributed by atoms with Gasteiger partial charge in [0, 0.05) is 19.3 Å². The molecular weight excluding hydrogens is 246 g/mol. The van der Waals surface area contributed by atoms with Crippen molar-refractivity contribution in [2.24, 2.45) is 7.05 Å². The molecule has 3 nitrogen and oxygen atoms in total. The second kappa shape index (κ2) is 7.25. The number of aryl methyl sites for hydroxylation is 4. The third kappa shape index (κ3) is 4.49. The van der Waals surface area contributed by atoms with Crippen LogP contribution in [0.1, 0.15) is 29.5 Å². The Morgan fingerprint density at radius 1 is 1.20 bits per heavy atom. The monoisotopic (exact) mass is 271 g/mol. The van der Waals surface area contributed by atoms with E-state index in [1.165, 1.54) is 23.1 Å². The zero-order valence-electron chi connectivity index (χ0n) is 12.8. The van der Waals surface area contributed by atoms with Crippen molar-refractivity contribution in [2.75, 3.05) is 7.05 Å². The lowest BCUT2D eigenvalue weighted by molar-refractivity contribution is 0.489. The van der Waals surface area contributed by atoms with Crippen LogP contribution in [0.3, 0.4) is 0 Å². The Hall–Kier alpha value is -1.61. The van der Waals surface area contributed by atoms with Crippen LogP contribution in [0, 0.1) is 6.92 Å². The van der Waals surface area contributed by atoms with Crippen molar-refractivity contribution in [3.63, 3.8) is 0 Å². The van der Waals surface area contributed by atoms with E-state index in [2.05, 4.69) is 54.8 Å². The summed E-state index contributed by atoms with van der Waals surface area (Å²) < 4.78 is 1.87. The first-order valence-electron chi connectivity index (χ1n) is 7.37. The summed E-state index contributed by atoms with van der Waals surface area (Å²) in [5, 5.41) is 7.66. The van der Waals surface area contributed by atoms with Crippen LogP contribution in [-0.4, -0.2) is 22.9 Å². The number of aromatic nitrogens is 2. The molecule has 3 heteroatoms. The molecule has 1 N–H and O–H groups in total. The lowest BCUT2D eigenvalue weighted by Crippen LogP contribution is -2.26. The van der Waals surface area contributed by atoms with Crippen LogP contribution in [0.2, 0.25) is 0 Å². The molecule has 20 heavy (non-hydrogen) atoms. The van der Waals surface area contributed by atoms with Crippen LogP contribution >= 0.6 is 0 Å². The average molecular weight is 271 g/mol. The van der Waals surface area contributed by atoms with E-state index >= 15 is 0 Å². The average Bonchev–Trinajstić information content (AvgIpc) is 2.85. The molecule has 1 heterocycles. The summed E-state index contributed by atoms with van der Waals surface area (Å²) in [7, 11) is 4.03. The molecule has 0 saturated heterocycles. The van der Waals surface area contributed by atoms with Gasteiger partial charge < -0.3 is 5.32 Å². The molecule has 2 rings (SSSR count). The van der Waals surface area contributed by atoms with Gasteiger partial charge in [0.25, 0.3) is 0 Å². The Labute approximate surface area is 122 Å². The summed E-state index contributed by atoms with van der Waals surface area (Å²) in [6.07, 6.45) is 8.64. The van der Waals surface area contributed by atoms with E-state index in [0.29, 0.717) is 6.04 Å². The lowest BCUT2D eigenvalue weighted by atomic mass is 9.99. The zero-order chi connectivity index (χ0) is 14.4. The first-order chi connectivity index (χ1) is 9.67. The quantitative estimate of drug-likeness (QED) is 0.839. The molecule has 1 aromatic carbocycles. The Bertz CT molecular complexity index is 531. The van der Waals surface area contributed by atoms with Crippen molar-refractivity contribution < 1.29 is 0 Å². The molecule has 108 valence electrons. The van der Waals surface area contributed by atoms with Crippen LogP contribution in [0.25, 0.3) is 0 Å². The molecule has 1 aromatic heterocycles. The molecule has 0 amide bonds. The number of benzene rings is 1. The third-order valence-electron chi connectivity index (χ3n) is 3.81. The van der Waals surface area contributed by atoms with Gasteiger partial charge in [0.05, 0.1) is 6.20 Å². The predicted octanol–water partition coefficient (Wildman–Crippen LogP) is 2.88. The first kappa shape index (κ1) is 14.8. The van der Waals surface area contributed by atoms with Gasteiger partial charge in [-0.15, -0.1) is 0 Å². The topological polar surface area (TPSA) is 29.9 Å². The molecule has 0 aliphatic carbocycles. The van der Waals surface area contributed by atoms with E-state index in [0.717, 1.165) is 19.3 Å². The summed E-state index contributed by atoms with van der Waals surface area (Å²) in [6, 6.07) is 9.38. The van der Waals surface area contributed by atoms with E-state index in [1.54, 1.807) is 0 Å². The highest BCUT2D eigenvalue weighted by Crippen LogP contribution is 2.11. The van der Waals surface area contributed by atoms with E-state index in [4.69, 9.17) is 0 Å². The molecule has 1 unspecified atom stereocenters. The minimum absolute atomic E-state index is 0.565. The van der Waals surface area contributed by atoms with Crippen molar-refractivity contribution >= 4 is 0 Å². The molecule has 0 saturated carbocycles. The van der Waals surface area contributed by atoms with Crippen molar-refractivity contribution in [3.05, 3.63) is 53.3 Å². The molecule has 0 radical (unpaired) electrons. The molecule has 0 fully saturated rings. The Kier molecular flexibility index (Phi) is 5.36. The van der Waals surface area contributed by atoms with E-state index < -0.39 is 0 Å². The van der Waals surface area contributed by atoms with E-state index in [-0.39, 0.29) is 0 Å². The van der Waals surface area contributed by atoms with E-state index in [9.17, 15) is 0 Å². The van der Waals surface area contributed by atoms with Crippen molar-refractivity contribution in [1.82, 2.24) is 15.1 Å². The largest absolute Gasteiger partial charge is 0.317 e. The van der Waals surface area contributed by atoms with Gasteiger partial charge in [-0.2, -0.15) is 5.10 Å². The molecule has 0 aliphatic rings. The summed E-state index contributed by atoms with van der Waals surface area (Å²) in [5.74, 6) is 0. The maximum atomic E-state index is 4.22. The van der Waals surface area contributed by atoms with Gasteiger partial charge in [0.1, 0.15) is 0 Å². The minimum Gasteiger partial charge on any atom is -0.317 e. The second-order valence-corrected chi connectivity index (χ2v) is 5.57. The van der Waals surface area contributed by atoms with Crippen LogP contribution in [0.15, 0.2) is 36.7 Å². The van der Waals surface area contributed by atoms with Gasteiger partial charge in [0.2, 0.25) is 0 Å². The van der Waals surface area contributed by atoms with Crippen molar-refractivity contribution in [3.8, 4) is 0 Å². The highest BCUT2D eigenvalue weighted by atomic mass is 15.2. The number of nitrogens with one attached hydrogen (secondary N) is 1. The van der Waals surface area contributed by atoms with Gasteiger partial charge in [-0.05, 0) is 50.8 Å². The normalized spacial score (nSPS) is 12.6. The lowest BCUT2D eigenvalue weighted by Gasteiger charge is -2.15. The number of nitrogens with zero attached hydrogens (tertiary/aromatic N) is 2. The Morgan fingerprint density at radius 3 is 2.55 bits per heavy atom. The molecule has 0 bridgehead atoms. The Balaban J connectivity index is 1.80. The highest BCUT2D eigenvalue weighted by molar-refractivity contribution is 5.22. The van der Waals surface area contributed by atoms with Crippen LogP contribution in [-0.2, 0) is 19.9 Å². The first-order valence-corrected chi connectivity index (χ1v) is 7.37. The standard InChI is InChI=1S/C17H25N3/c1-14-5-4-6-15(11-14)7-9-17(18-2)10-8-16-12-19-20(3)13-16/h4-6,11-13,17-18H,7-10H2,1-3H3. The zero-order valence-corrected chi connectivity index (χ0v) is 12.8. The summed E-state index contributed by atoms with van der Waals surface area (Å²) in [6.45, 7) is 2.15. The van der Waals surface area contributed by atoms with Crippen LogP contribution in [0.5, 0.6) is 0 Å². The van der Waals surface area contributed by atoms with Gasteiger partial charge >= 0.3 is 0 Å². The maximum absolute atomic E-state index is 4.22. The number of rotatable bonds is 7. The molecule has 1 atom stereocenters. The maximum Gasteiger partial charge on any atom is 0.0521 e. The van der Waals surface area contributed by atoms with Crippen LogP contribution in [0.4, 0.5) is 0 Å². The fourth-order valence-corrected chi connectivity index (χ4v) is 2.58. The van der Waals surface area contributed by atoms with Gasteiger partial charge in [0.15, 0.2) is 0 Å².